The molecule has 0 unspecified atom stereocenters. The Morgan fingerprint density at radius 1 is 1.27 bits per heavy atom. The fourth-order valence-corrected chi connectivity index (χ4v) is 1.86. The average Bonchev–Trinajstić information content (AvgIpc) is 2.68. The lowest BCUT2D eigenvalue weighted by atomic mass is 10.2. The Hall–Kier alpha value is -1.29. The maximum Gasteiger partial charge on any atom is 0.147 e. The predicted molar refractivity (Wildman–Crippen MR) is 63.3 cm³/mol. The Kier molecular flexibility index (Phi) is 3.06. The van der Waals surface area contributed by atoms with Crippen LogP contribution in [0, 0.1) is 6.92 Å². The third kappa shape index (κ3) is 2.21. The van der Waals surface area contributed by atoms with Gasteiger partial charge in [0.25, 0.3) is 0 Å². The minimum Gasteiger partial charge on any atom is -0.285 e. The third-order valence-electron chi connectivity index (χ3n) is 2.20. The minimum atomic E-state index is 0.883. The summed E-state index contributed by atoms with van der Waals surface area (Å²) in [6.07, 6.45) is 3.82. The highest BCUT2D eigenvalue weighted by atomic mass is 32.2. The van der Waals surface area contributed by atoms with Crippen molar-refractivity contribution in [1.82, 2.24) is 14.8 Å². The van der Waals surface area contributed by atoms with Gasteiger partial charge < -0.3 is 0 Å². The summed E-state index contributed by atoms with van der Waals surface area (Å²) < 4.78 is 2.02. The zero-order valence-corrected chi connectivity index (χ0v) is 9.66. The van der Waals surface area contributed by atoms with E-state index in [9.17, 15) is 0 Å². The number of aryl methyl sites for hydroxylation is 1. The Morgan fingerprint density at radius 3 is 2.67 bits per heavy atom. The fraction of sp³-hybridized carbons (Fsp3) is 0.273. The second-order valence-electron chi connectivity index (χ2n) is 3.39. The van der Waals surface area contributed by atoms with E-state index in [4.69, 9.17) is 0 Å². The summed E-state index contributed by atoms with van der Waals surface area (Å²) in [5, 5.41) is 8.04. The Labute approximate surface area is 93.5 Å². The molecular weight excluding hydrogens is 206 g/mol. The summed E-state index contributed by atoms with van der Waals surface area (Å²) in [7, 11) is 0. The van der Waals surface area contributed by atoms with E-state index >= 15 is 0 Å². The van der Waals surface area contributed by atoms with E-state index in [1.165, 1.54) is 5.56 Å². The molecule has 78 valence electrons. The highest BCUT2D eigenvalue weighted by molar-refractivity contribution is 7.97. The first kappa shape index (κ1) is 10.2. The molecule has 0 radical (unpaired) electrons. The van der Waals surface area contributed by atoms with Gasteiger partial charge in [-0.05, 0) is 25.3 Å². The molecule has 0 saturated carbocycles. The number of hydrogen-bond acceptors (Lipinski definition) is 3. The van der Waals surface area contributed by atoms with Crippen molar-refractivity contribution in [2.24, 2.45) is 0 Å². The van der Waals surface area contributed by atoms with Gasteiger partial charge in [0.15, 0.2) is 0 Å². The molecule has 0 aliphatic carbocycles. The van der Waals surface area contributed by atoms with Crippen LogP contribution >= 0.6 is 11.8 Å². The van der Waals surface area contributed by atoms with Crippen LogP contribution in [0.5, 0.6) is 0 Å². The van der Waals surface area contributed by atoms with Gasteiger partial charge in [-0.1, -0.05) is 17.7 Å². The number of benzene rings is 1. The quantitative estimate of drug-likeness (QED) is 0.794. The van der Waals surface area contributed by atoms with Crippen molar-refractivity contribution < 1.29 is 0 Å². The summed E-state index contributed by atoms with van der Waals surface area (Å²) in [6.45, 7) is 2.08. The molecule has 3 nitrogen and oxygen atoms in total. The van der Waals surface area contributed by atoms with Crippen LogP contribution in [0.25, 0.3) is 5.69 Å². The molecule has 0 N–H and O–H groups in total. The molecule has 0 aliphatic rings. The van der Waals surface area contributed by atoms with Crippen molar-refractivity contribution in [1.29, 1.82) is 0 Å². The van der Waals surface area contributed by atoms with Gasteiger partial charge in [-0.15, -0.1) is 10.2 Å². The topological polar surface area (TPSA) is 30.7 Å². The molecule has 0 fully saturated rings. The molecule has 0 atom stereocenters. The first-order valence-electron chi connectivity index (χ1n) is 4.76. The van der Waals surface area contributed by atoms with E-state index in [0.717, 1.165) is 17.3 Å². The fourth-order valence-electron chi connectivity index (χ4n) is 1.41. The summed E-state index contributed by atoms with van der Waals surface area (Å²) in [6, 6.07) is 8.36. The van der Waals surface area contributed by atoms with Crippen LogP contribution < -0.4 is 0 Å². The third-order valence-corrected chi connectivity index (χ3v) is 2.75. The average molecular weight is 219 g/mol. The number of nitrogens with zero attached hydrogens (tertiary/aromatic N) is 3. The highest BCUT2D eigenvalue weighted by Gasteiger charge is 2.04. The van der Waals surface area contributed by atoms with Gasteiger partial charge in [-0.3, -0.25) is 4.57 Å². The number of thioether (sulfide) groups is 1. The zero-order chi connectivity index (χ0) is 10.7. The lowest BCUT2D eigenvalue weighted by molar-refractivity contribution is 0.955. The number of aromatic nitrogens is 3. The van der Waals surface area contributed by atoms with Crippen LogP contribution in [0.15, 0.2) is 30.6 Å². The first-order valence-corrected chi connectivity index (χ1v) is 6.15. The van der Waals surface area contributed by atoms with E-state index in [1.807, 2.05) is 4.57 Å². The number of rotatable bonds is 3. The second-order valence-corrected chi connectivity index (χ2v) is 4.25. The molecule has 1 aromatic heterocycles. The second kappa shape index (κ2) is 4.49. The monoisotopic (exact) mass is 219 g/mol. The normalized spacial score (nSPS) is 10.5. The Morgan fingerprint density at radius 2 is 2.00 bits per heavy atom. The largest absolute Gasteiger partial charge is 0.285 e. The molecule has 0 saturated heterocycles. The van der Waals surface area contributed by atoms with E-state index in [-0.39, 0.29) is 0 Å². The van der Waals surface area contributed by atoms with E-state index < -0.39 is 0 Å². The van der Waals surface area contributed by atoms with Crippen LogP contribution in [0.4, 0.5) is 0 Å². The molecule has 15 heavy (non-hydrogen) atoms. The van der Waals surface area contributed by atoms with Crippen molar-refractivity contribution >= 4 is 11.8 Å². The molecule has 4 heteroatoms. The van der Waals surface area contributed by atoms with Crippen molar-refractivity contribution in [3.05, 3.63) is 42.0 Å². The Balaban J connectivity index is 2.36. The summed E-state index contributed by atoms with van der Waals surface area (Å²) in [4.78, 5) is 0. The molecule has 0 bridgehead atoms. The Bertz CT molecular complexity index is 433. The van der Waals surface area contributed by atoms with Crippen LogP contribution in [0.3, 0.4) is 0 Å². The molecule has 2 aromatic rings. The summed E-state index contributed by atoms with van der Waals surface area (Å²) in [5.74, 6) is 1.87. The van der Waals surface area contributed by atoms with Gasteiger partial charge in [0.2, 0.25) is 0 Å². The van der Waals surface area contributed by atoms with Crippen LogP contribution in [0.1, 0.15) is 11.4 Å². The summed E-state index contributed by atoms with van der Waals surface area (Å²) in [5.41, 5.74) is 2.38. The van der Waals surface area contributed by atoms with Gasteiger partial charge in [-0.25, -0.2) is 0 Å². The van der Waals surface area contributed by atoms with Crippen LogP contribution in [0.2, 0.25) is 0 Å². The zero-order valence-electron chi connectivity index (χ0n) is 8.84. The van der Waals surface area contributed by atoms with Crippen LogP contribution in [-0.4, -0.2) is 21.0 Å². The number of hydrogen-bond donors (Lipinski definition) is 0. The SMILES string of the molecule is CSCc1nncn1-c1ccc(C)cc1. The molecule has 2 rings (SSSR count). The van der Waals surface area contributed by atoms with Crippen molar-refractivity contribution in [3.63, 3.8) is 0 Å². The first-order chi connectivity index (χ1) is 7.31. The van der Waals surface area contributed by atoms with E-state index in [0.29, 0.717) is 0 Å². The highest BCUT2D eigenvalue weighted by Crippen LogP contribution is 2.13. The minimum absolute atomic E-state index is 0.883. The van der Waals surface area contributed by atoms with Gasteiger partial charge in [0.1, 0.15) is 12.2 Å². The van der Waals surface area contributed by atoms with Gasteiger partial charge in [0, 0.05) is 5.69 Å². The molecular formula is C11H13N3S. The van der Waals surface area contributed by atoms with E-state index in [2.05, 4.69) is 47.6 Å². The standard InChI is InChI=1S/C11H13N3S/c1-9-3-5-10(6-4-9)14-8-12-13-11(14)7-15-2/h3-6,8H,7H2,1-2H3. The van der Waals surface area contributed by atoms with E-state index in [1.54, 1.807) is 18.1 Å². The van der Waals surface area contributed by atoms with Crippen molar-refractivity contribution in [2.75, 3.05) is 6.26 Å². The lowest BCUT2D eigenvalue weighted by Gasteiger charge is -2.05. The van der Waals surface area contributed by atoms with Gasteiger partial charge in [-0.2, -0.15) is 11.8 Å². The van der Waals surface area contributed by atoms with Crippen molar-refractivity contribution in [2.45, 2.75) is 12.7 Å². The van der Waals surface area contributed by atoms with Crippen LogP contribution in [-0.2, 0) is 5.75 Å². The van der Waals surface area contributed by atoms with Gasteiger partial charge >= 0.3 is 0 Å². The molecule has 0 spiro atoms. The van der Waals surface area contributed by atoms with Gasteiger partial charge in [0.05, 0.1) is 5.75 Å². The smallest absolute Gasteiger partial charge is 0.147 e. The molecule has 0 amide bonds. The maximum atomic E-state index is 4.10. The lowest BCUT2D eigenvalue weighted by Crippen LogP contribution is -1.98. The maximum absolute atomic E-state index is 4.10. The predicted octanol–water partition coefficient (Wildman–Crippen LogP) is 2.44. The molecule has 0 aliphatic heterocycles. The molecule has 1 heterocycles. The summed E-state index contributed by atoms with van der Waals surface area (Å²) >= 11 is 1.75. The van der Waals surface area contributed by atoms with Crippen molar-refractivity contribution in [3.8, 4) is 5.69 Å². The molecule has 1 aromatic carbocycles.